The topological polar surface area (TPSA) is 16.4 Å². The summed E-state index contributed by atoms with van der Waals surface area (Å²) in [5.74, 6) is 0. The lowest BCUT2D eigenvalue weighted by atomic mass is 9.82. The summed E-state index contributed by atoms with van der Waals surface area (Å²) in [6.07, 6.45) is 7.00. The highest BCUT2D eigenvalue weighted by atomic mass is 32.3. The van der Waals surface area contributed by atoms with E-state index in [4.69, 9.17) is 4.42 Å². The van der Waals surface area contributed by atoms with Gasteiger partial charge in [0.2, 0.25) is 0 Å². The fraction of sp³-hybridized carbons (Fsp3) is 0.143. The van der Waals surface area contributed by atoms with Gasteiger partial charge in [0, 0.05) is 32.5 Å². The molecule has 0 amide bonds. The number of rotatable bonds is 5. The number of hydrogen-bond acceptors (Lipinski definition) is 2. The zero-order valence-corrected chi connectivity index (χ0v) is 27.3. The Morgan fingerprint density at radius 1 is 0.533 bits per heavy atom. The van der Waals surface area contributed by atoms with Crippen molar-refractivity contribution < 1.29 is 4.42 Å². The van der Waals surface area contributed by atoms with E-state index >= 15 is 0 Å². The fourth-order valence-electron chi connectivity index (χ4n) is 7.13. The van der Waals surface area contributed by atoms with Crippen LogP contribution in [0, 0.1) is 0 Å². The summed E-state index contributed by atoms with van der Waals surface area (Å²) in [6.45, 7) is 4.69. The molecule has 45 heavy (non-hydrogen) atoms. The van der Waals surface area contributed by atoms with Gasteiger partial charge in [-0.2, -0.15) is 0 Å². The van der Waals surface area contributed by atoms with Gasteiger partial charge in [-0.25, -0.2) is 10.0 Å². The van der Waals surface area contributed by atoms with Gasteiger partial charge < -0.3 is 9.32 Å². The van der Waals surface area contributed by atoms with E-state index in [1.165, 1.54) is 43.7 Å². The third-order valence-electron chi connectivity index (χ3n) is 9.43. The van der Waals surface area contributed by atoms with Gasteiger partial charge in [0.1, 0.15) is 5.58 Å². The van der Waals surface area contributed by atoms with E-state index < -0.39 is 10.0 Å². The van der Waals surface area contributed by atoms with Crippen molar-refractivity contribution in [3.63, 3.8) is 0 Å². The number of anilines is 3. The molecule has 8 rings (SSSR count). The lowest BCUT2D eigenvalue weighted by Gasteiger charge is -2.28. The van der Waals surface area contributed by atoms with E-state index in [2.05, 4.69) is 171 Å². The van der Waals surface area contributed by atoms with Crippen LogP contribution in [0.2, 0.25) is 0 Å². The predicted octanol–water partition coefficient (Wildman–Crippen LogP) is 12.1. The molecule has 1 aliphatic rings. The van der Waals surface area contributed by atoms with Gasteiger partial charge in [-0.05, 0) is 88.5 Å². The van der Waals surface area contributed by atoms with Crippen molar-refractivity contribution in [3.8, 4) is 22.3 Å². The molecule has 1 aliphatic carbocycles. The molecule has 0 saturated carbocycles. The Morgan fingerprint density at radius 3 is 1.91 bits per heavy atom. The normalized spacial score (nSPS) is 14.0. The molecular weight excluding hydrogens is 567 g/mol. The summed E-state index contributed by atoms with van der Waals surface area (Å²) in [5.41, 5.74) is 12.9. The standard InChI is InChI=1S/C42H37NOS/c1-42(2)36-18-10-9-15-32(36)33-26-25-31(27-37(33)42)43(30-23-21-29(22-24-30)28-13-7-6-8-14-28)38-19-11-16-34-35-17-12-20-39(45(3,4)5)41(35)44-40(34)38/h6-27H,1-5H3. The quantitative estimate of drug-likeness (QED) is 0.195. The molecule has 222 valence electrons. The van der Waals surface area contributed by atoms with Gasteiger partial charge in [0.25, 0.3) is 0 Å². The van der Waals surface area contributed by atoms with Crippen LogP contribution in [-0.2, 0) is 5.41 Å². The summed E-state index contributed by atoms with van der Waals surface area (Å²) in [6, 6.07) is 48.5. The minimum atomic E-state index is -0.999. The zero-order valence-electron chi connectivity index (χ0n) is 26.5. The third kappa shape index (κ3) is 4.41. The number of hydrogen-bond donors (Lipinski definition) is 0. The first-order valence-electron chi connectivity index (χ1n) is 15.5. The highest BCUT2D eigenvalue weighted by molar-refractivity contribution is 8.32. The van der Waals surface area contributed by atoms with Crippen LogP contribution in [0.15, 0.2) is 143 Å². The third-order valence-corrected chi connectivity index (χ3v) is 11.1. The molecule has 3 heteroatoms. The maximum atomic E-state index is 6.92. The van der Waals surface area contributed by atoms with E-state index in [1.54, 1.807) is 0 Å². The molecular formula is C42H37NOS. The molecule has 0 saturated heterocycles. The second-order valence-corrected chi connectivity index (χ2v) is 17.5. The SMILES string of the molecule is CC1(C)c2ccccc2-c2ccc(N(c3ccc(-c4ccccc4)cc3)c3cccc4c3oc3c(S(C)(C)C)cccc34)cc21. The van der Waals surface area contributed by atoms with Crippen LogP contribution in [0.25, 0.3) is 44.2 Å². The average molecular weight is 604 g/mol. The molecule has 0 spiro atoms. The Morgan fingerprint density at radius 2 is 1.16 bits per heavy atom. The Bertz CT molecular complexity index is 2220. The first-order valence-corrected chi connectivity index (χ1v) is 18.4. The maximum Gasteiger partial charge on any atom is 0.159 e. The lowest BCUT2D eigenvalue weighted by molar-refractivity contribution is 0.659. The second kappa shape index (κ2) is 10.2. The molecule has 0 radical (unpaired) electrons. The molecule has 0 N–H and O–H groups in total. The smallest absolute Gasteiger partial charge is 0.159 e. The van der Waals surface area contributed by atoms with Crippen molar-refractivity contribution in [1.82, 2.24) is 0 Å². The Hall–Kier alpha value is -4.73. The van der Waals surface area contributed by atoms with Gasteiger partial charge in [-0.15, -0.1) is 0 Å². The van der Waals surface area contributed by atoms with Crippen molar-refractivity contribution in [1.29, 1.82) is 0 Å². The van der Waals surface area contributed by atoms with Gasteiger partial charge in [0.15, 0.2) is 5.58 Å². The van der Waals surface area contributed by atoms with Gasteiger partial charge in [-0.3, -0.25) is 0 Å². The molecule has 2 nitrogen and oxygen atoms in total. The second-order valence-electron chi connectivity index (χ2n) is 13.4. The first-order chi connectivity index (χ1) is 21.7. The predicted molar refractivity (Wildman–Crippen MR) is 195 cm³/mol. The fourth-order valence-corrected chi connectivity index (χ4v) is 8.32. The minimum Gasteiger partial charge on any atom is -0.453 e. The first kappa shape index (κ1) is 27.8. The molecule has 0 bridgehead atoms. The van der Waals surface area contributed by atoms with Crippen LogP contribution in [-0.4, -0.2) is 18.8 Å². The van der Waals surface area contributed by atoms with Crippen LogP contribution in [0.1, 0.15) is 25.0 Å². The average Bonchev–Trinajstić information content (AvgIpc) is 3.54. The van der Waals surface area contributed by atoms with Gasteiger partial charge >= 0.3 is 0 Å². The van der Waals surface area contributed by atoms with Crippen LogP contribution in [0.5, 0.6) is 0 Å². The monoisotopic (exact) mass is 603 g/mol. The molecule has 0 fully saturated rings. The Kier molecular flexibility index (Phi) is 6.27. The summed E-state index contributed by atoms with van der Waals surface area (Å²) in [5, 5.41) is 2.32. The summed E-state index contributed by atoms with van der Waals surface area (Å²) >= 11 is 0. The van der Waals surface area contributed by atoms with E-state index in [0.29, 0.717) is 0 Å². The number of furan rings is 1. The maximum absolute atomic E-state index is 6.92. The highest BCUT2D eigenvalue weighted by Crippen LogP contribution is 2.53. The molecule has 6 aromatic carbocycles. The molecule has 1 aromatic heterocycles. The Balaban J connectivity index is 1.36. The van der Waals surface area contributed by atoms with E-state index in [0.717, 1.165) is 33.6 Å². The van der Waals surface area contributed by atoms with Crippen LogP contribution in [0.4, 0.5) is 17.1 Å². The van der Waals surface area contributed by atoms with Gasteiger partial charge in [0.05, 0.1) is 5.69 Å². The largest absolute Gasteiger partial charge is 0.453 e. The van der Waals surface area contributed by atoms with Gasteiger partial charge in [-0.1, -0.05) is 111 Å². The van der Waals surface area contributed by atoms with Crippen molar-refractivity contribution in [3.05, 3.63) is 145 Å². The highest BCUT2D eigenvalue weighted by Gasteiger charge is 2.36. The molecule has 0 atom stereocenters. The van der Waals surface area contributed by atoms with Crippen LogP contribution >= 0.6 is 10.0 Å². The number of para-hydroxylation sites is 2. The summed E-state index contributed by atoms with van der Waals surface area (Å²) in [4.78, 5) is 3.68. The number of benzene rings is 6. The summed E-state index contributed by atoms with van der Waals surface area (Å²) < 4.78 is 6.92. The van der Waals surface area contributed by atoms with Crippen molar-refractivity contribution in [2.45, 2.75) is 24.2 Å². The van der Waals surface area contributed by atoms with E-state index in [1.807, 2.05) is 0 Å². The van der Waals surface area contributed by atoms with E-state index in [-0.39, 0.29) is 5.41 Å². The molecule has 0 unspecified atom stereocenters. The zero-order chi connectivity index (χ0) is 30.9. The van der Waals surface area contributed by atoms with Crippen LogP contribution < -0.4 is 4.90 Å². The Labute approximate surface area is 267 Å². The van der Waals surface area contributed by atoms with E-state index in [9.17, 15) is 0 Å². The van der Waals surface area contributed by atoms with Crippen molar-refractivity contribution in [2.24, 2.45) is 0 Å². The minimum absolute atomic E-state index is 0.0967. The van der Waals surface area contributed by atoms with Crippen molar-refractivity contribution >= 4 is 49.0 Å². The molecule has 7 aromatic rings. The number of nitrogens with zero attached hydrogens (tertiary/aromatic N) is 1. The van der Waals surface area contributed by atoms with Crippen molar-refractivity contribution in [2.75, 3.05) is 23.7 Å². The number of fused-ring (bicyclic) bond motifs is 6. The molecule has 0 aliphatic heterocycles. The van der Waals surface area contributed by atoms with Crippen LogP contribution in [0.3, 0.4) is 0 Å². The molecule has 1 heterocycles. The lowest BCUT2D eigenvalue weighted by Crippen LogP contribution is -2.16. The summed E-state index contributed by atoms with van der Waals surface area (Å²) in [7, 11) is -0.999.